The van der Waals surface area contributed by atoms with Crippen LogP contribution in [0.15, 0.2) is 36.5 Å². The molecule has 1 amide bonds. The van der Waals surface area contributed by atoms with E-state index in [0.29, 0.717) is 15.8 Å². The van der Waals surface area contributed by atoms with Crippen LogP contribution in [0.25, 0.3) is 0 Å². The van der Waals surface area contributed by atoms with Crippen molar-refractivity contribution in [2.75, 3.05) is 42.8 Å². The summed E-state index contributed by atoms with van der Waals surface area (Å²) in [6.07, 6.45) is 1.60. The zero-order valence-electron chi connectivity index (χ0n) is 17.5. The zero-order valence-corrected chi connectivity index (χ0v) is 18.3. The third kappa shape index (κ3) is 4.92. The van der Waals surface area contributed by atoms with E-state index in [4.69, 9.17) is 9.47 Å². The third-order valence-electron chi connectivity index (χ3n) is 5.00. The number of carbonyl (C=O) groups is 1. The minimum atomic E-state index is -0.958. The van der Waals surface area contributed by atoms with E-state index in [-0.39, 0.29) is 11.8 Å². The SMILES string of the molecule is COc1cc([C@@H](OC)C(=O)Nc2nnc(N[C@@H]3CCN(c4cccnn4)C3)s2)ccc1F. The Labute approximate surface area is 187 Å². The number of anilines is 3. The molecule has 0 unspecified atom stereocenters. The molecule has 0 bridgehead atoms. The molecule has 1 aromatic carbocycles. The molecule has 0 radical (unpaired) electrons. The number of carbonyl (C=O) groups excluding carboxylic acids is 1. The van der Waals surface area contributed by atoms with Crippen LogP contribution in [0.5, 0.6) is 5.75 Å². The molecule has 168 valence electrons. The number of nitrogens with zero attached hydrogens (tertiary/aromatic N) is 5. The number of methoxy groups -OCH3 is 2. The van der Waals surface area contributed by atoms with Gasteiger partial charge in [0, 0.05) is 32.4 Å². The van der Waals surface area contributed by atoms with Crippen LogP contribution in [-0.2, 0) is 9.53 Å². The summed E-state index contributed by atoms with van der Waals surface area (Å²) in [5.74, 6) is -0.0911. The Kier molecular flexibility index (Phi) is 6.71. The number of rotatable bonds is 8. The topological polar surface area (TPSA) is 114 Å². The van der Waals surface area contributed by atoms with Crippen LogP contribution < -0.4 is 20.3 Å². The van der Waals surface area contributed by atoms with Crippen LogP contribution in [0.4, 0.5) is 20.5 Å². The van der Waals surface area contributed by atoms with E-state index in [0.717, 1.165) is 25.3 Å². The summed E-state index contributed by atoms with van der Waals surface area (Å²) in [6.45, 7) is 1.62. The van der Waals surface area contributed by atoms with E-state index >= 15 is 0 Å². The number of aromatic nitrogens is 4. The van der Waals surface area contributed by atoms with Crippen LogP contribution in [0.2, 0.25) is 0 Å². The first kappa shape index (κ1) is 21.8. The van der Waals surface area contributed by atoms with Crippen molar-refractivity contribution in [1.82, 2.24) is 20.4 Å². The van der Waals surface area contributed by atoms with Gasteiger partial charge in [0.2, 0.25) is 10.3 Å². The van der Waals surface area contributed by atoms with Gasteiger partial charge in [0.25, 0.3) is 5.91 Å². The quantitative estimate of drug-likeness (QED) is 0.524. The molecule has 1 aliphatic heterocycles. The van der Waals surface area contributed by atoms with Gasteiger partial charge in [0.15, 0.2) is 23.5 Å². The number of ether oxygens (including phenoxy) is 2. The molecular weight excluding hydrogens is 437 g/mol. The maximum absolute atomic E-state index is 13.7. The molecule has 1 saturated heterocycles. The van der Waals surface area contributed by atoms with E-state index in [9.17, 15) is 9.18 Å². The van der Waals surface area contributed by atoms with E-state index in [1.165, 1.54) is 43.8 Å². The van der Waals surface area contributed by atoms with Crippen molar-refractivity contribution in [2.45, 2.75) is 18.6 Å². The zero-order chi connectivity index (χ0) is 22.5. The van der Waals surface area contributed by atoms with E-state index < -0.39 is 17.8 Å². The Morgan fingerprint density at radius 1 is 1.25 bits per heavy atom. The highest BCUT2D eigenvalue weighted by atomic mass is 32.1. The molecule has 4 rings (SSSR count). The summed E-state index contributed by atoms with van der Waals surface area (Å²) in [6, 6.07) is 8.09. The number of halogens is 1. The standard InChI is InChI=1S/C20H22FN7O3S/c1-30-15-10-12(5-6-14(15)21)17(31-2)18(29)24-20-27-26-19(32-20)23-13-7-9-28(11-13)16-4-3-8-22-25-16/h3-6,8,10,13,17H,7,9,11H2,1-2H3,(H,23,26)(H,24,27,29)/t13-,17-/m1/s1. The lowest BCUT2D eigenvalue weighted by atomic mass is 10.1. The number of hydrogen-bond acceptors (Lipinski definition) is 10. The predicted octanol–water partition coefficient (Wildman–Crippen LogP) is 2.49. The average Bonchev–Trinajstić information content (AvgIpc) is 3.46. The van der Waals surface area contributed by atoms with Gasteiger partial charge in [-0.15, -0.1) is 15.3 Å². The molecule has 1 fully saturated rings. The van der Waals surface area contributed by atoms with Crippen molar-refractivity contribution in [3.8, 4) is 5.75 Å². The fourth-order valence-electron chi connectivity index (χ4n) is 3.46. The van der Waals surface area contributed by atoms with Crippen LogP contribution in [-0.4, -0.2) is 59.7 Å². The van der Waals surface area contributed by atoms with E-state index in [1.807, 2.05) is 12.1 Å². The van der Waals surface area contributed by atoms with Crippen LogP contribution in [0.3, 0.4) is 0 Å². The number of amides is 1. The molecule has 32 heavy (non-hydrogen) atoms. The Morgan fingerprint density at radius 3 is 2.84 bits per heavy atom. The summed E-state index contributed by atoms with van der Waals surface area (Å²) < 4.78 is 24.0. The number of hydrogen-bond donors (Lipinski definition) is 2. The molecule has 3 heterocycles. The first-order chi connectivity index (χ1) is 15.6. The lowest BCUT2D eigenvalue weighted by Gasteiger charge is -2.16. The van der Waals surface area contributed by atoms with Crippen molar-refractivity contribution in [3.05, 3.63) is 47.9 Å². The van der Waals surface area contributed by atoms with Crippen molar-refractivity contribution >= 4 is 33.3 Å². The minimum absolute atomic E-state index is 0.0341. The second-order valence-corrected chi connectivity index (χ2v) is 8.05. The molecule has 10 nitrogen and oxygen atoms in total. The molecular formula is C20H22FN7O3S. The van der Waals surface area contributed by atoms with Gasteiger partial charge in [-0.3, -0.25) is 10.1 Å². The molecule has 12 heteroatoms. The lowest BCUT2D eigenvalue weighted by Crippen LogP contribution is -2.26. The highest BCUT2D eigenvalue weighted by molar-refractivity contribution is 7.19. The van der Waals surface area contributed by atoms with Gasteiger partial charge in [-0.1, -0.05) is 17.4 Å². The van der Waals surface area contributed by atoms with Gasteiger partial charge in [-0.05, 0) is 36.2 Å². The molecule has 3 aromatic rings. The fourth-order valence-corrected chi connectivity index (χ4v) is 4.18. The maximum Gasteiger partial charge on any atom is 0.259 e. The minimum Gasteiger partial charge on any atom is -0.494 e. The molecule has 2 aromatic heterocycles. The van der Waals surface area contributed by atoms with Gasteiger partial charge >= 0.3 is 0 Å². The smallest absolute Gasteiger partial charge is 0.259 e. The third-order valence-corrected chi connectivity index (χ3v) is 5.77. The predicted molar refractivity (Wildman–Crippen MR) is 118 cm³/mol. The van der Waals surface area contributed by atoms with Gasteiger partial charge < -0.3 is 19.7 Å². The number of nitrogens with one attached hydrogen (secondary N) is 2. The Morgan fingerprint density at radius 2 is 2.09 bits per heavy atom. The van der Waals surface area contributed by atoms with Crippen LogP contribution in [0, 0.1) is 5.82 Å². The van der Waals surface area contributed by atoms with Crippen molar-refractivity contribution in [1.29, 1.82) is 0 Å². The first-order valence-electron chi connectivity index (χ1n) is 9.87. The summed E-state index contributed by atoms with van der Waals surface area (Å²) in [5.41, 5.74) is 0.459. The molecule has 0 spiro atoms. The van der Waals surface area contributed by atoms with Gasteiger partial charge in [-0.25, -0.2) is 4.39 Å². The Balaban J connectivity index is 1.36. The largest absolute Gasteiger partial charge is 0.494 e. The first-order valence-corrected chi connectivity index (χ1v) is 10.7. The second kappa shape index (κ2) is 9.83. The second-order valence-electron chi connectivity index (χ2n) is 7.07. The molecule has 2 atom stereocenters. The summed E-state index contributed by atoms with van der Waals surface area (Å²) >= 11 is 1.23. The van der Waals surface area contributed by atoms with E-state index in [1.54, 1.807) is 6.20 Å². The number of benzene rings is 1. The lowest BCUT2D eigenvalue weighted by molar-refractivity contribution is -0.126. The molecule has 0 aliphatic carbocycles. The van der Waals surface area contributed by atoms with Crippen molar-refractivity contribution < 1.29 is 18.7 Å². The van der Waals surface area contributed by atoms with E-state index in [2.05, 4.69) is 35.9 Å². The molecule has 2 N–H and O–H groups in total. The van der Waals surface area contributed by atoms with Crippen molar-refractivity contribution in [3.63, 3.8) is 0 Å². The maximum atomic E-state index is 13.7. The highest BCUT2D eigenvalue weighted by Gasteiger charge is 2.26. The van der Waals surface area contributed by atoms with Crippen LogP contribution >= 0.6 is 11.3 Å². The van der Waals surface area contributed by atoms with Gasteiger partial charge in [0.1, 0.15) is 0 Å². The summed E-state index contributed by atoms with van der Waals surface area (Å²) in [5, 5.41) is 23.2. The van der Waals surface area contributed by atoms with Crippen LogP contribution in [0.1, 0.15) is 18.1 Å². The Bertz CT molecular complexity index is 1070. The molecule has 0 saturated carbocycles. The molecule has 1 aliphatic rings. The fraction of sp³-hybridized carbons (Fsp3) is 0.350. The van der Waals surface area contributed by atoms with Crippen molar-refractivity contribution in [2.24, 2.45) is 0 Å². The Hall–Kier alpha value is -3.38. The monoisotopic (exact) mass is 459 g/mol. The van der Waals surface area contributed by atoms with Gasteiger partial charge in [-0.2, -0.15) is 5.10 Å². The average molecular weight is 460 g/mol. The highest BCUT2D eigenvalue weighted by Crippen LogP contribution is 2.28. The summed E-state index contributed by atoms with van der Waals surface area (Å²) in [7, 11) is 2.76. The normalized spacial score (nSPS) is 16.6. The summed E-state index contributed by atoms with van der Waals surface area (Å²) in [4.78, 5) is 14.9. The van der Waals surface area contributed by atoms with Gasteiger partial charge in [0.05, 0.1) is 7.11 Å².